The average molecular weight is 393 g/mol. The standard InChI is InChI=1S/2C4H10O3P.Sn/c2*1-3-6-8(5)7-4-2;/h2*3-4H2,1-2H3;/q2*-1;+2. The van der Waals surface area contributed by atoms with Gasteiger partial charge in [-0.25, -0.2) is 0 Å². The van der Waals surface area contributed by atoms with E-state index in [-0.39, 0.29) is 23.9 Å². The molecule has 0 rings (SSSR count). The van der Waals surface area contributed by atoms with Crippen LogP contribution < -0.4 is 9.79 Å². The Morgan fingerprint density at radius 3 is 0.941 bits per heavy atom. The van der Waals surface area contributed by atoms with Gasteiger partial charge in [-0.15, -0.1) is 0 Å². The molecule has 0 spiro atoms. The molecular weight excluding hydrogens is 373 g/mol. The molecule has 0 saturated carbocycles. The molecule has 0 amide bonds. The van der Waals surface area contributed by atoms with Crippen LogP contribution in [0.25, 0.3) is 0 Å². The van der Waals surface area contributed by atoms with Crippen LogP contribution in [0, 0.1) is 0 Å². The molecule has 17 heavy (non-hydrogen) atoms. The van der Waals surface area contributed by atoms with Crippen molar-refractivity contribution in [2.24, 2.45) is 0 Å². The van der Waals surface area contributed by atoms with Crippen molar-refractivity contribution in [3.63, 3.8) is 0 Å². The van der Waals surface area contributed by atoms with Gasteiger partial charge in [0.05, 0.1) is 17.2 Å². The van der Waals surface area contributed by atoms with Crippen molar-refractivity contribution in [2.45, 2.75) is 27.7 Å². The van der Waals surface area contributed by atoms with Crippen molar-refractivity contribution in [1.29, 1.82) is 0 Å². The van der Waals surface area contributed by atoms with Gasteiger partial charge >= 0.3 is 23.9 Å². The summed E-state index contributed by atoms with van der Waals surface area (Å²) in [6.07, 6.45) is 0. The van der Waals surface area contributed by atoms with E-state index in [1.165, 1.54) is 0 Å². The first-order valence-corrected chi connectivity index (χ1v) is 7.27. The summed E-state index contributed by atoms with van der Waals surface area (Å²) in [5, 5.41) is 0. The van der Waals surface area contributed by atoms with Gasteiger partial charge in [-0.3, -0.25) is 0 Å². The van der Waals surface area contributed by atoms with Gasteiger partial charge in [0.15, 0.2) is 0 Å². The zero-order valence-corrected chi connectivity index (χ0v) is 15.3. The fourth-order valence-electron chi connectivity index (χ4n) is 0.496. The molecule has 0 atom stereocenters. The third-order valence-corrected chi connectivity index (χ3v) is 2.81. The first-order chi connectivity index (χ1) is 7.62. The van der Waals surface area contributed by atoms with E-state index in [0.29, 0.717) is 26.4 Å². The van der Waals surface area contributed by atoms with Gasteiger partial charge in [0.25, 0.3) is 0 Å². The molecule has 0 bridgehead atoms. The van der Waals surface area contributed by atoms with E-state index >= 15 is 0 Å². The topological polar surface area (TPSA) is 83.0 Å². The van der Waals surface area contributed by atoms with E-state index in [1.807, 2.05) is 0 Å². The molecule has 0 aromatic rings. The minimum absolute atomic E-state index is 0. The van der Waals surface area contributed by atoms with Crippen molar-refractivity contribution in [3.05, 3.63) is 0 Å². The second-order valence-electron chi connectivity index (χ2n) is 2.12. The maximum absolute atomic E-state index is 10.3. The third-order valence-electron chi connectivity index (χ3n) is 0.938. The molecule has 0 N–H and O–H groups in total. The molecule has 0 fully saturated rings. The Bertz CT molecular complexity index is 109. The Labute approximate surface area is 123 Å². The minimum Gasteiger partial charge on any atom is -0.786 e. The Morgan fingerprint density at radius 1 is 0.647 bits per heavy atom. The fourth-order valence-corrected chi connectivity index (χ4v) is 1.49. The summed E-state index contributed by atoms with van der Waals surface area (Å²) in [5.41, 5.74) is 0. The molecule has 6 nitrogen and oxygen atoms in total. The Hall–Kier alpha value is 1.42. The van der Waals surface area contributed by atoms with Crippen LogP contribution in [0.15, 0.2) is 0 Å². The van der Waals surface area contributed by atoms with Crippen molar-refractivity contribution >= 4 is 41.1 Å². The molecule has 0 aliphatic heterocycles. The van der Waals surface area contributed by atoms with E-state index in [2.05, 4.69) is 18.1 Å². The smallest absolute Gasteiger partial charge is 0.786 e. The van der Waals surface area contributed by atoms with Gasteiger partial charge in [0, 0.05) is 26.4 Å². The van der Waals surface area contributed by atoms with Gasteiger partial charge in [-0.05, 0) is 27.7 Å². The summed E-state index contributed by atoms with van der Waals surface area (Å²) in [7, 11) is -3.66. The molecular formula is C8H20O6P2Sn. The maximum Gasteiger partial charge on any atom is 2.00 e. The predicted molar refractivity (Wildman–Crippen MR) is 66.1 cm³/mol. The average Bonchev–Trinajstić information content (AvgIpc) is 2.20. The van der Waals surface area contributed by atoms with E-state index in [1.54, 1.807) is 27.7 Å². The van der Waals surface area contributed by atoms with E-state index < -0.39 is 17.2 Å². The van der Waals surface area contributed by atoms with Crippen molar-refractivity contribution in [3.8, 4) is 0 Å². The van der Waals surface area contributed by atoms with E-state index in [9.17, 15) is 9.79 Å². The zero-order valence-electron chi connectivity index (χ0n) is 10.7. The molecule has 102 valence electrons. The van der Waals surface area contributed by atoms with Crippen LogP contribution >= 0.6 is 17.2 Å². The van der Waals surface area contributed by atoms with Crippen LogP contribution in [0.2, 0.25) is 0 Å². The first-order valence-electron chi connectivity index (χ1n) is 5.08. The molecule has 0 heterocycles. The number of rotatable bonds is 8. The Balaban J connectivity index is -0.000000218. The van der Waals surface area contributed by atoms with Gasteiger partial charge in [0.2, 0.25) is 0 Å². The van der Waals surface area contributed by atoms with Gasteiger partial charge in [0.1, 0.15) is 0 Å². The van der Waals surface area contributed by atoms with Crippen LogP contribution in [0.3, 0.4) is 0 Å². The quantitative estimate of drug-likeness (QED) is 0.451. The predicted octanol–water partition coefficient (Wildman–Crippen LogP) is 0.912. The molecule has 0 saturated heterocycles. The molecule has 2 radical (unpaired) electrons. The summed E-state index contributed by atoms with van der Waals surface area (Å²) in [6, 6.07) is 0. The number of hydrogen-bond acceptors (Lipinski definition) is 6. The van der Waals surface area contributed by atoms with Crippen molar-refractivity contribution < 1.29 is 27.9 Å². The molecule has 0 aliphatic carbocycles. The number of hydrogen-bond donors (Lipinski definition) is 0. The van der Waals surface area contributed by atoms with Crippen LogP contribution in [0.1, 0.15) is 27.7 Å². The Kier molecular flexibility index (Phi) is 27.3. The maximum atomic E-state index is 10.3. The monoisotopic (exact) mass is 394 g/mol. The second-order valence-corrected chi connectivity index (χ2v) is 4.05. The minimum atomic E-state index is -1.83. The zero-order chi connectivity index (χ0) is 12.8. The SMILES string of the molecule is CCOP([O-])OCC.CCOP([O-])OCC.[Sn+2]. The summed E-state index contributed by atoms with van der Waals surface area (Å²) < 4.78 is 18.3. The van der Waals surface area contributed by atoms with E-state index in [4.69, 9.17) is 0 Å². The first kappa shape index (κ1) is 23.5. The summed E-state index contributed by atoms with van der Waals surface area (Å²) in [5.74, 6) is 0. The molecule has 9 heteroatoms. The van der Waals surface area contributed by atoms with Gasteiger partial charge in [-0.2, -0.15) is 0 Å². The largest absolute Gasteiger partial charge is 2.00 e. The summed E-state index contributed by atoms with van der Waals surface area (Å²) in [6.45, 7) is 8.84. The van der Waals surface area contributed by atoms with Crippen LogP contribution in [0.4, 0.5) is 0 Å². The van der Waals surface area contributed by atoms with Gasteiger partial charge in [-0.1, -0.05) is 0 Å². The summed E-state index contributed by atoms with van der Waals surface area (Å²) >= 11 is 0. The van der Waals surface area contributed by atoms with E-state index in [0.717, 1.165) is 0 Å². The second kappa shape index (κ2) is 19.8. The molecule has 0 aromatic carbocycles. The molecule has 0 unspecified atom stereocenters. The Morgan fingerprint density at radius 2 is 0.824 bits per heavy atom. The third kappa shape index (κ3) is 23.0. The van der Waals surface area contributed by atoms with Gasteiger partial charge < -0.3 is 27.9 Å². The molecule has 0 aromatic heterocycles. The van der Waals surface area contributed by atoms with Crippen molar-refractivity contribution in [1.82, 2.24) is 0 Å². The van der Waals surface area contributed by atoms with Crippen LogP contribution in [0.5, 0.6) is 0 Å². The summed E-state index contributed by atoms with van der Waals surface area (Å²) in [4.78, 5) is 20.7. The van der Waals surface area contributed by atoms with Crippen LogP contribution in [-0.4, -0.2) is 50.3 Å². The molecule has 0 aliphatic rings. The fraction of sp³-hybridized carbons (Fsp3) is 1.00. The van der Waals surface area contributed by atoms with Crippen LogP contribution in [-0.2, 0) is 18.1 Å². The normalized spacial score (nSPS) is 9.88. The van der Waals surface area contributed by atoms with Crippen molar-refractivity contribution in [2.75, 3.05) is 26.4 Å².